The van der Waals surface area contributed by atoms with E-state index >= 15 is 0 Å². The topological polar surface area (TPSA) is 124 Å². The first kappa shape index (κ1) is 18.5. The molecule has 146 valence electrons. The summed E-state index contributed by atoms with van der Waals surface area (Å²) in [7, 11) is 0. The molecule has 10 nitrogen and oxygen atoms in total. The Morgan fingerprint density at radius 1 is 1.03 bits per heavy atom. The summed E-state index contributed by atoms with van der Waals surface area (Å²) in [6.07, 6.45) is 1.61. The first-order valence-corrected chi connectivity index (χ1v) is 9.24. The molecule has 2 heterocycles. The Hall–Kier alpha value is -3.86. The van der Waals surface area contributed by atoms with E-state index in [4.69, 9.17) is 0 Å². The number of benzene rings is 2. The molecule has 3 aromatic rings. The van der Waals surface area contributed by atoms with Crippen molar-refractivity contribution in [2.45, 2.75) is 6.67 Å². The zero-order valence-electron chi connectivity index (χ0n) is 14.8. The average Bonchev–Trinajstić information content (AvgIpc) is 3.03. The van der Waals surface area contributed by atoms with Gasteiger partial charge in [-0.3, -0.25) is 29.6 Å². The van der Waals surface area contributed by atoms with Gasteiger partial charge in [-0.15, -0.1) is 0 Å². The lowest BCUT2D eigenvalue weighted by atomic mass is 10.2. The molecule has 0 fully saturated rings. The summed E-state index contributed by atoms with van der Waals surface area (Å²) in [6, 6.07) is 12.1. The number of nitro benzene ring substituents is 2. The molecule has 11 heteroatoms. The van der Waals surface area contributed by atoms with Crippen LogP contribution in [0, 0.1) is 20.2 Å². The van der Waals surface area contributed by atoms with Gasteiger partial charge < -0.3 is 4.90 Å². The van der Waals surface area contributed by atoms with Crippen LogP contribution in [0.4, 0.5) is 17.1 Å². The second-order valence-electron chi connectivity index (χ2n) is 6.23. The fraction of sp³-hybridized carbons (Fsp3) is 0.111. The van der Waals surface area contributed by atoms with Gasteiger partial charge in [0.05, 0.1) is 14.4 Å². The fourth-order valence-corrected chi connectivity index (χ4v) is 3.90. The Kier molecular flexibility index (Phi) is 4.64. The Bertz CT molecular complexity index is 1300. The molecular formula is C18H13N5O5S. The fourth-order valence-electron chi connectivity index (χ4n) is 2.94. The molecule has 1 aliphatic rings. The highest BCUT2D eigenvalue weighted by molar-refractivity contribution is 7.07. The van der Waals surface area contributed by atoms with Crippen LogP contribution in [0.25, 0.3) is 6.08 Å². The van der Waals surface area contributed by atoms with Gasteiger partial charge in [0.15, 0.2) is 4.80 Å². The van der Waals surface area contributed by atoms with E-state index in [1.807, 2.05) is 4.90 Å². The van der Waals surface area contributed by atoms with Gasteiger partial charge in [0, 0.05) is 30.0 Å². The lowest BCUT2D eigenvalue weighted by Crippen LogP contribution is -2.42. The highest BCUT2D eigenvalue weighted by Crippen LogP contribution is 2.20. The molecule has 29 heavy (non-hydrogen) atoms. The average molecular weight is 411 g/mol. The first-order chi connectivity index (χ1) is 13.9. The number of hydrogen-bond donors (Lipinski definition) is 0. The van der Waals surface area contributed by atoms with E-state index in [-0.39, 0.29) is 23.6 Å². The Morgan fingerprint density at radius 3 is 2.45 bits per heavy atom. The predicted octanol–water partition coefficient (Wildman–Crippen LogP) is 1.61. The van der Waals surface area contributed by atoms with Crippen LogP contribution in [0.2, 0.25) is 0 Å². The number of non-ortho nitro benzene ring substituents is 2. The summed E-state index contributed by atoms with van der Waals surface area (Å²) in [4.78, 5) is 40.4. The summed E-state index contributed by atoms with van der Waals surface area (Å²) >= 11 is 1.22. The normalized spacial score (nSPS) is 13.7. The third-order valence-corrected chi connectivity index (χ3v) is 5.43. The van der Waals surface area contributed by atoms with Crippen molar-refractivity contribution in [3.05, 3.63) is 94.0 Å². The first-order valence-electron chi connectivity index (χ1n) is 8.42. The summed E-state index contributed by atoms with van der Waals surface area (Å²) in [5.41, 5.74) is 0.973. The molecule has 1 aliphatic heterocycles. The van der Waals surface area contributed by atoms with E-state index in [2.05, 4.69) is 4.99 Å². The van der Waals surface area contributed by atoms with Crippen LogP contribution in [0.5, 0.6) is 0 Å². The Morgan fingerprint density at radius 2 is 1.76 bits per heavy atom. The van der Waals surface area contributed by atoms with Crippen molar-refractivity contribution in [3.8, 4) is 0 Å². The molecular weight excluding hydrogens is 398 g/mol. The minimum absolute atomic E-state index is 0.00933. The van der Waals surface area contributed by atoms with Crippen molar-refractivity contribution in [2.75, 3.05) is 11.6 Å². The Balaban J connectivity index is 1.66. The molecule has 0 N–H and O–H groups in total. The quantitative estimate of drug-likeness (QED) is 0.475. The molecule has 0 spiro atoms. The van der Waals surface area contributed by atoms with Gasteiger partial charge in [0.25, 0.3) is 16.9 Å². The highest BCUT2D eigenvalue weighted by atomic mass is 32.1. The van der Waals surface area contributed by atoms with Gasteiger partial charge >= 0.3 is 0 Å². The second kappa shape index (κ2) is 7.28. The lowest BCUT2D eigenvalue weighted by Gasteiger charge is -2.25. The molecule has 2 aromatic carbocycles. The van der Waals surface area contributed by atoms with Crippen LogP contribution in [0.15, 0.2) is 58.3 Å². The number of aromatic nitrogens is 1. The van der Waals surface area contributed by atoms with Gasteiger partial charge in [-0.1, -0.05) is 23.5 Å². The summed E-state index contributed by atoms with van der Waals surface area (Å²) in [5.74, 6) is 0. The molecule has 0 amide bonds. The monoisotopic (exact) mass is 411 g/mol. The van der Waals surface area contributed by atoms with Crippen LogP contribution >= 0.6 is 11.3 Å². The third kappa shape index (κ3) is 3.62. The zero-order chi connectivity index (χ0) is 20.5. The molecule has 4 rings (SSSR count). The van der Waals surface area contributed by atoms with E-state index in [0.717, 1.165) is 0 Å². The summed E-state index contributed by atoms with van der Waals surface area (Å²) in [5, 5.41) is 21.7. The Labute approximate surface area is 166 Å². The molecule has 0 aliphatic carbocycles. The number of hydrogen-bond acceptors (Lipinski definition) is 8. The van der Waals surface area contributed by atoms with Crippen LogP contribution < -0.4 is 19.8 Å². The summed E-state index contributed by atoms with van der Waals surface area (Å²) in [6.45, 7) is 0.572. The van der Waals surface area contributed by atoms with Crippen molar-refractivity contribution < 1.29 is 9.85 Å². The van der Waals surface area contributed by atoms with Crippen LogP contribution in [-0.2, 0) is 6.67 Å². The maximum absolute atomic E-state index is 12.8. The van der Waals surface area contributed by atoms with Gasteiger partial charge in [-0.05, 0) is 23.8 Å². The minimum atomic E-state index is -0.485. The number of fused-ring (bicyclic) bond motifs is 1. The van der Waals surface area contributed by atoms with E-state index < -0.39 is 9.85 Å². The lowest BCUT2D eigenvalue weighted by molar-refractivity contribution is -0.385. The summed E-state index contributed by atoms with van der Waals surface area (Å²) < 4.78 is 1.94. The van der Waals surface area contributed by atoms with Crippen molar-refractivity contribution in [1.29, 1.82) is 0 Å². The predicted molar refractivity (Wildman–Crippen MR) is 106 cm³/mol. The molecule has 0 radical (unpaired) electrons. The molecule has 0 bridgehead atoms. The second-order valence-corrected chi connectivity index (χ2v) is 7.24. The van der Waals surface area contributed by atoms with Gasteiger partial charge in [-0.25, -0.2) is 4.99 Å². The van der Waals surface area contributed by atoms with Crippen LogP contribution in [0.3, 0.4) is 0 Å². The smallest absolute Gasteiger partial charge is 0.271 e. The van der Waals surface area contributed by atoms with Crippen molar-refractivity contribution in [3.63, 3.8) is 0 Å². The highest BCUT2D eigenvalue weighted by Gasteiger charge is 2.17. The minimum Gasteiger partial charge on any atom is -0.334 e. The van der Waals surface area contributed by atoms with E-state index in [0.29, 0.717) is 27.3 Å². The van der Waals surface area contributed by atoms with Crippen molar-refractivity contribution in [1.82, 2.24) is 4.57 Å². The largest absolute Gasteiger partial charge is 0.334 e. The van der Waals surface area contributed by atoms with Gasteiger partial charge in [0.1, 0.15) is 13.3 Å². The molecule has 0 unspecified atom stereocenters. The van der Waals surface area contributed by atoms with Gasteiger partial charge in [-0.2, -0.15) is 0 Å². The number of thiazole rings is 1. The molecule has 0 saturated heterocycles. The van der Waals surface area contributed by atoms with Crippen LogP contribution in [-0.4, -0.2) is 21.1 Å². The SMILES string of the molecule is O=c1/c(=C/c2cccc([N+](=O)[O-])c2)sc2n1CN(c1ccc([N+](=O)[O-])cc1)CN=2. The zero-order valence-corrected chi connectivity index (χ0v) is 15.6. The van der Waals surface area contributed by atoms with Crippen molar-refractivity contribution >= 4 is 34.5 Å². The maximum atomic E-state index is 12.8. The van der Waals surface area contributed by atoms with Crippen molar-refractivity contribution in [2.24, 2.45) is 4.99 Å². The molecule has 0 atom stereocenters. The van der Waals surface area contributed by atoms with E-state index in [1.54, 1.807) is 30.3 Å². The van der Waals surface area contributed by atoms with Gasteiger partial charge in [0.2, 0.25) is 0 Å². The third-order valence-electron chi connectivity index (χ3n) is 4.38. The standard InChI is InChI=1S/C18H13N5O5S/c24-17-16(9-12-2-1-3-15(8-12)23(27)28)29-18-19-10-20(11-21(17)18)13-4-6-14(7-5-13)22(25)26/h1-9H,10-11H2/b16-9-. The maximum Gasteiger partial charge on any atom is 0.271 e. The number of nitrogens with zero attached hydrogens (tertiary/aromatic N) is 5. The van der Waals surface area contributed by atoms with Crippen LogP contribution in [0.1, 0.15) is 5.56 Å². The van der Waals surface area contributed by atoms with E-state index in [9.17, 15) is 25.0 Å². The van der Waals surface area contributed by atoms with E-state index in [1.165, 1.54) is 40.2 Å². The number of anilines is 1. The molecule has 1 aromatic heterocycles. The number of rotatable bonds is 4. The number of nitro groups is 2. The molecule has 0 saturated carbocycles.